The van der Waals surface area contributed by atoms with Gasteiger partial charge in [0.1, 0.15) is 0 Å². The average Bonchev–Trinajstić information content (AvgIpc) is 3.12. The molecule has 2 amide bonds. The minimum Gasteiger partial charge on any atom is -0.481 e. The number of fused-ring (bicyclic) bond motifs is 1. The molecule has 0 radical (unpaired) electrons. The fraction of sp³-hybridized carbons (Fsp3) is 0.579. The summed E-state index contributed by atoms with van der Waals surface area (Å²) in [4.78, 5) is 22.6. The molecule has 0 bridgehead atoms. The Bertz CT molecular complexity index is 655. The van der Waals surface area contributed by atoms with Crippen LogP contribution in [0, 0.1) is 0 Å². The highest BCUT2D eigenvalue weighted by Gasteiger charge is 2.35. The molecule has 0 atom stereocenters. The maximum Gasteiger partial charge on any atom is 0.314 e. The smallest absolute Gasteiger partial charge is 0.314 e. The topological polar surface area (TPSA) is 96.9 Å². The minimum atomic E-state index is -0.851. The van der Waals surface area contributed by atoms with Crippen molar-refractivity contribution >= 4 is 12.0 Å². The van der Waals surface area contributed by atoms with Crippen LogP contribution in [-0.2, 0) is 10.2 Å². The summed E-state index contributed by atoms with van der Waals surface area (Å²) in [6.45, 7) is 1.16. The van der Waals surface area contributed by atoms with Gasteiger partial charge in [-0.05, 0) is 37.0 Å². The first-order valence-electron chi connectivity index (χ1n) is 9.23. The molecule has 3 N–H and O–H groups in total. The molecule has 7 nitrogen and oxygen atoms in total. The van der Waals surface area contributed by atoms with Gasteiger partial charge in [-0.25, -0.2) is 4.79 Å². The average molecular weight is 362 g/mol. The van der Waals surface area contributed by atoms with Gasteiger partial charge in [-0.3, -0.25) is 4.79 Å². The molecule has 2 aliphatic rings. The Morgan fingerprint density at radius 1 is 1.08 bits per heavy atom. The molecule has 0 spiro atoms. The number of rotatable bonds is 7. The van der Waals surface area contributed by atoms with Gasteiger partial charge < -0.3 is 25.2 Å². The summed E-state index contributed by atoms with van der Waals surface area (Å²) in [6.07, 6.45) is 6.01. The van der Waals surface area contributed by atoms with E-state index in [-0.39, 0.29) is 24.7 Å². The second-order valence-electron chi connectivity index (χ2n) is 7.02. The molecule has 1 aromatic carbocycles. The molecule has 3 rings (SSSR count). The van der Waals surface area contributed by atoms with Crippen LogP contribution < -0.4 is 20.1 Å². The number of carbonyl (C=O) groups is 2. The number of hydrogen-bond acceptors (Lipinski definition) is 4. The molecule has 1 aliphatic heterocycles. The van der Waals surface area contributed by atoms with Crippen molar-refractivity contribution in [1.82, 2.24) is 10.6 Å². The van der Waals surface area contributed by atoms with Gasteiger partial charge in [0.05, 0.1) is 0 Å². The van der Waals surface area contributed by atoms with Crippen LogP contribution in [0.15, 0.2) is 18.2 Å². The lowest BCUT2D eigenvalue weighted by Gasteiger charge is -2.38. The standard InChI is InChI=1S/C19H26N2O5/c22-17(23)5-4-10-20-18(24)21-12-19(8-2-1-3-9-19)14-6-7-15-16(11-14)26-13-25-15/h6-7,11H,1-5,8-10,12-13H2,(H,22,23)(H2,20,21,24). The lowest BCUT2D eigenvalue weighted by Crippen LogP contribution is -2.46. The zero-order valence-electron chi connectivity index (χ0n) is 14.9. The third-order valence-electron chi connectivity index (χ3n) is 5.24. The van der Waals surface area contributed by atoms with Crippen molar-refractivity contribution in [3.63, 3.8) is 0 Å². The molecule has 0 unspecified atom stereocenters. The monoisotopic (exact) mass is 362 g/mol. The molecular weight excluding hydrogens is 336 g/mol. The van der Waals surface area contributed by atoms with Gasteiger partial charge >= 0.3 is 12.0 Å². The van der Waals surface area contributed by atoms with Gasteiger partial charge in [-0.2, -0.15) is 0 Å². The second kappa shape index (κ2) is 8.29. The van der Waals surface area contributed by atoms with E-state index in [2.05, 4.69) is 16.7 Å². The maximum atomic E-state index is 12.1. The Kier molecular flexibility index (Phi) is 5.85. The van der Waals surface area contributed by atoms with Crippen molar-refractivity contribution in [2.45, 2.75) is 50.4 Å². The van der Waals surface area contributed by atoms with Crippen LogP contribution in [0.25, 0.3) is 0 Å². The van der Waals surface area contributed by atoms with E-state index in [0.717, 1.165) is 37.2 Å². The van der Waals surface area contributed by atoms with Crippen molar-refractivity contribution in [3.8, 4) is 11.5 Å². The number of hydrogen-bond donors (Lipinski definition) is 3. The van der Waals surface area contributed by atoms with E-state index >= 15 is 0 Å². The van der Waals surface area contributed by atoms with Gasteiger partial charge in [0, 0.05) is 24.9 Å². The normalized spacial score (nSPS) is 17.5. The van der Waals surface area contributed by atoms with E-state index in [1.807, 2.05) is 12.1 Å². The summed E-state index contributed by atoms with van der Waals surface area (Å²) in [5.74, 6) is 0.686. The Morgan fingerprint density at radius 3 is 2.62 bits per heavy atom. The number of nitrogens with one attached hydrogen (secondary N) is 2. The van der Waals surface area contributed by atoms with E-state index in [9.17, 15) is 9.59 Å². The Labute approximate surface area is 153 Å². The molecule has 7 heteroatoms. The number of carboxylic acid groups (broad SMARTS) is 1. The van der Waals surface area contributed by atoms with Crippen LogP contribution >= 0.6 is 0 Å². The van der Waals surface area contributed by atoms with Gasteiger partial charge in [0.2, 0.25) is 6.79 Å². The molecule has 1 saturated carbocycles. The SMILES string of the molecule is O=C(O)CCCNC(=O)NCC1(c2ccc3c(c2)OCO3)CCCCC1. The zero-order chi connectivity index (χ0) is 18.4. The van der Waals surface area contributed by atoms with Crippen LogP contribution in [0.1, 0.15) is 50.5 Å². The number of carboxylic acids is 1. The highest BCUT2D eigenvalue weighted by molar-refractivity contribution is 5.74. The van der Waals surface area contributed by atoms with Gasteiger partial charge in [-0.15, -0.1) is 0 Å². The lowest BCUT2D eigenvalue weighted by molar-refractivity contribution is -0.137. The number of carbonyl (C=O) groups excluding carboxylic acids is 1. The maximum absolute atomic E-state index is 12.1. The van der Waals surface area contributed by atoms with E-state index in [1.54, 1.807) is 0 Å². The molecule has 26 heavy (non-hydrogen) atoms. The van der Waals surface area contributed by atoms with Gasteiger partial charge in [0.25, 0.3) is 0 Å². The predicted octanol–water partition coefficient (Wildman–Crippen LogP) is 2.78. The molecule has 142 valence electrons. The van der Waals surface area contributed by atoms with Gasteiger partial charge in [0.15, 0.2) is 11.5 Å². The molecular formula is C19H26N2O5. The molecule has 1 aromatic rings. The number of benzene rings is 1. The number of urea groups is 1. The Balaban J connectivity index is 1.61. The Morgan fingerprint density at radius 2 is 1.85 bits per heavy atom. The first-order valence-corrected chi connectivity index (χ1v) is 9.23. The highest BCUT2D eigenvalue weighted by atomic mass is 16.7. The number of amides is 2. The molecule has 0 aromatic heterocycles. The third kappa shape index (κ3) is 4.39. The van der Waals surface area contributed by atoms with Crippen molar-refractivity contribution in [2.75, 3.05) is 19.9 Å². The van der Waals surface area contributed by atoms with Crippen LogP contribution in [-0.4, -0.2) is 37.0 Å². The van der Waals surface area contributed by atoms with Crippen LogP contribution in [0.5, 0.6) is 11.5 Å². The Hall–Kier alpha value is -2.44. The summed E-state index contributed by atoms with van der Waals surface area (Å²) < 4.78 is 10.9. The molecule has 0 saturated heterocycles. The van der Waals surface area contributed by atoms with Crippen molar-refractivity contribution in [1.29, 1.82) is 0 Å². The second-order valence-corrected chi connectivity index (χ2v) is 7.02. The fourth-order valence-corrected chi connectivity index (χ4v) is 3.78. The van der Waals surface area contributed by atoms with Crippen LogP contribution in [0.2, 0.25) is 0 Å². The van der Waals surface area contributed by atoms with Crippen LogP contribution in [0.3, 0.4) is 0 Å². The first kappa shape index (κ1) is 18.4. The molecule has 1 aliphatic carbocycles. The lowest BCUT2D eigenvalue weighted by atomic mass is 9.69. The summed E-state index contributed by atoms with van der Waals surface area (Å²) in [5.41, 5.74) is 1.07. The summed E-state index contributed by atoms with van der Waals surface area (Å²) in [7, 11) is 0. The van der Waals surface area contributed by atoms with Crippen molar-refractivity contribution < 1.29 is 24.2 Å². The van der Waals surface area contributed by atoms with Gasteiger partial charge in [-0.1, -0.05) is 25.3 Å². The van der Waals surface area contributed by atoms with E-state index < -0.39 is 5.97 Å². The predicted molar refractivity (Wildman–Crippen MR) is 95.6 cm³/mol. The summed E-state index contributed by atoms with van der Waals surface area (Å²) in [6, 6.07) is 5.81. The quantitative estimate of drug-likeness (QED) is 0.648. The summed E-state index contributed by atoms with van der Waals surface area (Å²) in [5, 5.41) is 14.3. The zero-order valence-corrected chi connectivity index (χ0v) is 14.9. The third-order valence-corrected chi connectivity index (χ3v) is 5.24. The first-order chi connectivity index (χ1) is 12.6. The number of ether oxygens (including phenoxy) is 2. The van der Waals surface area contributed by atoms with E-state index in [1.165, 1.54) is 12.0 Å². The fourth-order valence-electron chi connectivity index (χ4n) is 3.78. The van der Waals surface area contributed by atoms with E-state index in [4.69, 9.17) is 14.6 Å². The summed E-state index contributed by atoms with van der Waals surface area (Å²) >= 11 is 0. The van der Waals surface area contributed by atoms with Crippen molar-refractivity contribution in [2.24, 2.45) is 0 Å². The van der Waals surface area contributed by atoms with Crippen LogP contribution in [0.4, 0.5) is 4.79 Å². The molecule has 1 fully saturated rings. The van der Waals surface area contributed by atoms with E-state index in [0.29, 0.717) is 19.5 Å². The minimum absolute atomic E-state index is 0.0570. The largest absolute Gasteiger partial charge is 0.481 e. The van der Waals surface area contributed by atoms with Crippen molar-refractivity contribution in [3.05, 3.63) is 23.8 Å². The number of aliphatic carboxylic acids is 1. The molecule has 1 heterocycles. The highest BCUT2D eigenvalue weighted by Crippen LogP contribution is 2.43.